The zero-order valence-electron chi connectivity index (χ0n) is 11.6. The molecule has 1 unspecified atom stereocenters. The van der Waals surface area contributed by atoms with Gasteiger partial charge in [0.2, 0.25) is 0 Å². The number of hydrogen-bond donors (Lipinski definition) is 1. The normalized spacial score (nSPS) is 17.2. The molecule has 0 spiro atoms. The maximum atomic E-state index is 4.78. The average molecular weight is 295 g/mol. The van der Waals surface area contributed by atoms with Crippen molar-refractivity contribution < 1.29 is 0 Å². The summed E-state index contributed by atoms with van der Waals surface area (Å²) in [5.41, 5.74) is 1.34. The summed E-state index contributed by atoms with van der Waals surface area (Å²) in [5, 5.41) is 6.95. The minimum Gasteiger partial charge on any atom is -0.308 e. The third-order valence-corrected chi connectivity index (χ3v) is 5.75. The van der Waals surface area contributed by atoms with Crippen LogP contribution in [0.2, 0.25) is 0 Å². The molecule has 1 fully saturated rings. The monoisotopic (exact) mass is 295 g/mol. The third kappa shape index (κ3) is 3.15. The van der Waals surface area contributed by atoms with Gasteiger partial charge in [0, 0.05) is 29.9 Å². The van der Waals surface area contributed by atoms with Crippen LogP contribution >= 0.6 is 23.1 Å². The van der Waals surface area contributed by atoms with Crippen LogP contribution in [0.5, 0.6) is 0 Å². The van der Waals surface area contributed by atoms with E-state index in [4.69, 9.17) is 4.98 Å². The van der Waals surface area contributed by atoms with E-state index in [1.54, 1.807) is 11.3 Å². The highest BCUT2D eigenvalue weighted by Crippen LogP contribution is 2.29. The van der Waals surface area contributed by atoms with Crippen LogP contribution in [-0.4, -0.2) is 21.2 Å². The molecule has 0 amide bonds. The maximum absolute atomic E-state index is 4.78. The SMILES string of the molecule is CCC(C)CSc1nc2sccn2c1CNC1CC1. The Morgan fingerprint density at radius 2 is 2.42 bits per heavy atom. The van der Waals surface area contributed by atoms with Crippen LogP contribution in [0.3, 0.4) is 0 Å². The second-order valence-corrected chi connectivity index (χ2v) is 7.28. The molecule has 0 aliphatic heterocycles. The van der Waals surface area contributed by atoms with Gasteiger partial charge in [0.25, 0.3) is 0 Å². The van der Waals surface area contributed by atoms with Gasteiger partial charge in [-0.15, -0.1) is 23.1 Å². The Morgan fingerprint density at radius 1 is 1.58 bits per heavy atom. The van der Waals surface area contributed by atoms with E-state index in [1.807, 2.05) is 11.8 Å². The van der Waals surface area contributed by atoms with Crippen molar-refractivity contribution in [3.05, 3.63) is 17.3 Å². The van der Waals surface area contributed by atoms with E-state index in [9.17, 15) is 0 Å². The molecule has 19 heavy (non-hydrogen) atoms. The molecular weight excluding hydrogens is 274 g/mol. The van der Waals surface area contributed by atoms with Crippen LogP contribution in [0.1, 0.15) is 38.8 Å². The quantitative estimate of drug-likeness (QED) is 0.788. The molecule has 1 atom stereocenters. The lowest BCUT2D eigenvalue weighted by atomic mass is 10.2. The molecule has 0 bridgehead atoms. The zero-order valence-corrected chi connectivity index (χ0v) is 13.2. The van der Waals surface area contributed by atoms with Gasteiger partial charge < -0.3 is 5.32 Å². The fourth-order valence-corrected chi connectivity index (χ4v) is 3.91. The van der Waals surface area contributed by atoms with Gasteiger partial charge in [-0.2, -0.15) is 0 Å². The van der Waals surface area contributed by atoms with E-state index in [1.165, 1.54) is 30.0 Å². The van der Waals surface area contributed by atoms with Crippen LogP contribution < -0.4 is 5.32 Å². The third-order valence-electron chi connectivity index (χ3n) is 3.66. The van der Waals surface area contributed by atoms with Crippen LogP contribution in [-0.2, 0) is 6.54 Å². The molecule has 1 saturated carbocycles. The summed E-state index contributed by atoms with van der Waals surface area (Å²) in [6.07, 6.45) is 6.05. The lowest BCUT2D eigenvalue weighted by molar-refractivity contribution is 0.635. The van der Waals surface area contributed by atoms with E-state index in [2.05, 4.69) is 35.1 Å². The molecule has 3 nitrogen and oxygen atoms in total. The van der Waals surface area contributed by atoms with E-state index >= 15 is 0 Å². The van der Waals surface area contributed by atoms with Crippen molar-refractivity contribution in [2.45, 2.75) is 50.7 Å². The lowest BCUT2D eigenvalue weighted by Gasteiger charge is -2.08. The molecule has 104 valence electrons. The van der Waals surface area contributed by atoms with Gasteiger partial charge in [-0.1, -0.05) is 20.3 Å². The van der Waals surface area contributed by atoms with E-state index in [0.29, 0.717) is 0 Å². The molecule has 5 heteroatoms. The number of aromatic nitrogens is 2. The van der Waals surface area contributed by atoms with Crippen LogP contribution in [0.15, 0.2) is 16.6 Å². The first-order chi connectivity index (χ1) is 9.28. The van der Waals surface area contributed by atoms with Crippen molar-refractivity contribution in [3.63, 3.8) is 0 Å². The van der Waals surface area contributed by atoms with Gasteiger partial charge in [0.1, 0.15) is 5.03 Å². The minimum absolute atomic E-state index is 0.747. The number of imidazole rings is 1. The smallest absolute Gasteiger partial charge is 0.194 e. The predicted octanol–water partition coefficient (Wildman–Crippen LogP) is 3.79. The fraction of sp³-hybridized carbons (Fsp3) is 0.643. The topological polar surface area (TPSA) is 29.3 Å². The van der Waals surface area contributed by atoms with Gasteiger partial charge in [-0.05, 0) is 18.8 Å². The van der Waals surface area contributed by atoms with Crippen molar-refractivity contribution in [1.82, 2.24) is 14.7 Å². The molecule has 3 rings (SSSR count). The summed E-state index contributed by atoms with van der Waals surface area (Å²) < 4.78 is 2.25. The highest BCUT2D eigenvalue weighted by atomic mass is 32.2. The van der Waals surface area contributed by atoms with Crippen molar-refractivity contribution >= 4 is 28.1 Å². The average Bonchev–Trinajstić information content (AvgIpc) is 3.03. The van der Waals surface area contributed by atoms with E-state index < -0.39 is 0 Å². The Morgan fingerprint density at radius 3 is 3.16 bits per heavy atom. The molecule has 2 aromatic heterocycles. The standard InChI is InChI=1S/C14H21N3S2/c1-3-10(2)9-19-13-12(8-15-11-4-5-11)17-6-7-18-14(17)16-13/h6-7,10-11,15H,3-5,8-9H2,1-2H3. The molecular formula is C14H21N3S2. The van der Waals surface area contributed by atoms with Crippen molar-refractivity contribution in [2.24, 2.45) is 5.92 Å². The Hall–Kier alpha value is -0.520. The van der Waals surface area contributed by atoms with Gasteiger partial charge in [0.15, 0.2) is 4.96 Å². The van der Waals surface area contributed by atoms with E-state index in [0.717, 1.165) is 29.2 Å². The molecule has 0 radical (unpaired) electrons. The Kier molecular flexibility index (Phi) is 4.15. The summed E-state index contributed by atoms with van der Waals surface area (Å²) in [5.74, 6) is 1.92. The summed E-state index contributed by atoms with van der Waals surface area (Å²) in [7, 11) is 0. The number of hydrogen-bond acceptors (Lipinski definition) is 4. The number of thioether (sulfide) groups is 1. The molecule has 0 aromatic carbocycles. The molecule has 1 N–H and O–H groups in total. The molecule has 2 heterocycles. The minimum atomic E-state index is 0.747. The predicted molar refractivity (Wildman–Crippen MR) is 83.1 cm³/mol. The van der Waals surface area contributed by atoms with Crippen molar-refractivity contribution in [2.75, 3.05) is 5.75 Å². The first-order valence-corrected chi connectivity index (χ1v) is 8.95. The van der Waals surface area contributed by atoms with Crippen molar-refractivity contribution in [1.29, 1.82) is 0 Å². The summed E-state index contributed by atoms with van der Waals surface area (Å²) in [6.45, 7) is 5.52. The Balaban J connectivity index is 1.75. The second kappa shape index (κ2) is 5.85. The number of fused-ring (bicyclic) bond motifs is 1. The number of rotatable bonds is 7. The first-order valence-electron chi connectivity index (χ1n) is 7.08. The highest BCUT2D eigenvalue weighted by Gasteiger charge is 2.22. The molecule has 0 saturated heterocycles. The second-order valence-electron chi connectivity index (χ2n) is 5.40. The van der Waals surface area contributed by atoms with Gasteiger partial charge >= 0.3 is 0 Å². The zero-order chi connectivity index (χ0) is 13.2. The lowest BCUT2D eigenvalue weighted by Crippen LogP contribution is -2.17. The van der Waals surface area contributed by atoms with Crippen LogP contribution in [0.4, 0.5) is 0 Å². The van der Waals surface area contributed by atoms with E-state index in [-0.39, 0.29) is 0 Å². The Bertz CT molecular complexity index is 542. The van der Waals surface area contributed by atoms with Crippen LogP contribution in [0, 0.1) is 5.92 Å². The van der Waals surface area contributed by atoms with Crippen LogP contribution in [0.25, 0.3) is 4.96 Å². The van der Waals surface area contributed by atoms with Crippen molar-refractivity contribution in [3.8, 4) is 0 Å². The summed E-state index contributed by atoms with van der Waals surface area (Å²) in [6, 6.07) is 0.747. The number of nitrogens with zero attached hydrogens (tertiary/aromatic N) is 2. The fourth-order valence-electron chi connectivity index (χ4n) is 1.96. The van der Waals surface area contributed by atoms with Gasteiger partial charge in [-0.3, -0.25) is 4.40 Å². The highest BCUT2D eigenvalue weighted by molar-refractivity contribution is 7.99. The van der Waals surface area contributed by atoms with Gasteiger partial charge in [-0.25, -0.2) is 4.98 Å². The summed E-state index contributed by atoms with van der Waals surface area (Å²) in [4.78, 5) is 5.91. The van der Waals surface area contributed by atoms with Gasteiger partial charge in [0.05, 0.1) is 5.69 Å². The number of nitrogens with one attached hydrogen (secondary N) is 1. The molecule has 2 aromatic rings. The largest absolute Gasteiger partial charge is 0.308 e. The molecule has 1 aliphatic carbocycles. The maximum Gasteiger partial charge on any atom is 0.194 e. The summed E-state index contributed by atoms with van der Waals surface area (Å²) >= 11 is 3.64. The number of thiazole rings is 1. The Labute approximate surface area is 122 Å². The first kappa shape index (κ1) is 13.5. The molecule has 1 aliphatic rings.